The van der Waals surface area contributed by atoms with Gasteiger partial charge in [0.25, 0.3) is 12.3 Å². The molecule has 0 spiro atoms. The molecule has 3 aromatic heterocycles. The Balaban J connectivity index is 1.72. The van der Waals surface area contributed by atoms with Gasteiger partial charge in [-0.25, -0.2) is 22.7 Å². The van der Waals surface area contributed by atoms with E-state index < -0.39 is 23.8 Å². The van der Waals surface area contributed by atoms with Gasteiger partial charge in [0.15, 0.2) is 5.65 Å². The van der Waals surface area contributed by atoms with Crippen LogP contribution in [0.3, 0.4) is 0 Å². The minimum absolute atomic E-state index is 0.00691. The Bertz CT molecular complexity index is 1230. The number of rotatable bonds is 5. The van der Waals surface area contributed by atoms with Crippen molar-refractivity contribution in [1.82, 2.24) is 29.7 Å². The van der Waals surface area contributed by atoms with Gasteiger partial charge >= 0.3 is 0 Å². The maximum Gasteiger partial charge on any atom is 0.280 e. The van der Waals surface area contributed by atoms with Gasteiger partial charge in [0, 0.05) is 30.9 Å². The lowest BCUT2D eigenvalue weighted by Gasteiger charge is -2.09. The number of alkyl halides is 2. The standard InChI is InChI=1S/C20H17F3N6O/c1-11-13(10-28(2)27-11)8-24-20(30)15-9-25-29-17(18(22)23)7-16(26-19(15)29)12-3-5-14(21)6-4-12/h3-7,9-10,18H,8H2,1-2H3,(H,24,30). The molecule has 10 heteroatoms. The summed E-state index contributed by atoms with van der Waals surface area (Å²) in [6.07, 6.45) is 0.142. The van der Waals surface area contributed by atoms with Gasteiger partial charge in [0.2, 0.25) is 0 Å². The van der Waals surface area contributed by atoms with Gasteiger partial charge in [-0.2, -0.15) is 10.2 Å². The van der Waals surface area contributed by atoms with Crippen molar-refractivity contribution in [3.63, 3.8) is 0 Å². The molecule has 4 rings (SSSR count). The predicted octanol–water partition coefficient (Wildman–Crippen LogP) is 3.44. The van der Waals surface area contributed by atoms with Gasteiger partial charge in [-0.15, -0.1) is 0 Å². The fraction of sp³-hybridized carbons (Fsp3) is 0.200. The molecule has 0 aliphatic heterocycles. The van der Waals surface area contributed by atoms with Crippen LogP contribution < -0.4 is 5.32 Å². The smallest absolute Gasteiger partial charge is 0.280 e. The van der Waals surface area contributed by atoms with Crippen molar-refractivity contribution in [1.29, 1.82) is 0 Å². The number of hydrogen-bond acceptors (Lipinski definition) is 4. The Morgan fingerprint density at radius 1 is 1.23 bits per heavy atom. The summed E-state index contributed by atoms with van der Waals surface area (Å²) >= 11 is 0. The van der Waals surface area contributed by atoms with E-state index in [4.69, 9.17) is 0 Å². The molecule has 0 radical (unpaired) electrons. The highest BCUT2D eigenvalue weighted by molar-refractivity contribution is 5.99. The topological polar surface area (TPSA) is 77.1 Å². The Hall–Kier alpha value is -3.69. The van der Waals surface area contributed by atoms with Crippen molar-refractivity contribution in [2.24, 2.45) is 7.05 Å². The Labute approximate surface area is 169 Å². The number of nitrogens with zero attached hydrogens (tertiary/aromatic N) is 5. The number of fused-ring (bicyclic) bond motifs is 1. The number of carbonyl (C=O) groups excluding carboxylic acids is 1. The highest BCUT2D eigenvalue weighted by Crippen LogP contribution is 2.27. The third-order valence-electron chi connectivity index (χ3n) is 4.66. The van der Waals surface area contributed by atoms with Crippen LogP contribution >= 0.6 is 0 Å². The Morgan fingerprint density at radius 3 is 2.60 bits per heavy atom. The molecule has 0 fully saturated rings. The summed E-state index contributed by atoms with van der Waals surface area (Å²) in [4.78, 5) is 17.1. The summed E-state index contributed by atoms with van der Waals surface area (Å²) in [6.45, 7) is 2.04. The summed E-state index contributed by atoms with van der Waals surface area (Å²) < 4.78 is 43.1. The lowest BCUT2D eigenvalue weighted by Crippen LogP contribution is -2.23. The first-order valence-corrected chi connectivity index (χ1v) is 9.03. The van der Waals surface area contributed by atoms with E-state index in [0.717, 1.165) is 15.8 Å². The second-order valence-corrected chi connectivity index (χ2v) is 6.76. The minimum atomic E-state index is -2.84. The van der Waals surface area contributed by atoms with Crippen LogP contribution in [0.25, 0.3) is 16.9 Å². The quantitative estimate of drug-likeness (QED) is 0.543. The third kappa shape index (κ3) is 3.63. The van der Waals surface area contributed by atoms with Gasteiger partial charge in [0.1, 0.15) is 17.1 Å². The van der Waals surface area contributed by atoms with Crippen molar-refractivity contribution in [2.45, 2.75) is 19.9 Å². The number of carbonyl (C=O) groups is 1. The Kier molecular flexibility index (Phi) is 4.98. The highest BCUT2D eigenvalue weighted by Gasteiger charge is 2.21. The molecule has 3 heterocycles. The zero-order chi connectivity index (χ0) is 21.4. The van der Waals surface area contributed by atoms with E-state index in [9.17, 15) is 18.0 Å². The fourth-order valence-corrected chi connectivity index (χ4v) is 3.16. The van der Waals surface area contributed by atoms with Crippen LogP contribution in [0, 0.1) is 12.7 Å². The average Bonchev–Trinajstić information content (AvgIpc) is 3.28. The third-order valence-corrected chi connectivity index (χ3v) is 4.66. The summed E-state index contributed by atoms with van der Waals surface area (Å²) in [7, 11) is 1.77. The van der Waals surface area contributed by atoms with Gasteiger partial charge < -0.3 is 5.32 Å². The molecule has 1 aromatic carbocycles. The van der Waals surface area contributed by atoms with Gasteiger partial charge in [-0.1, -0.05) is 0 Å². The van der Waals surface area contributed by atoms with E-state index in [0.29, 0.717) is 5.56 Å². The van der Waals surface area contributed by atoms with Crippen LogP contribution in [0.2, 0.25) is 0 Å². The van der Waals surface area contributed by atoms with Crippen LogP contribution in [0.15, 0.2) is 42.7 Å². The number of halogens is 3. The van der Waals surface area contributed by atoms with E-state index in [2.05, 4.69) is 20.5 Å². The van der Waals surface area contributed by atoms with Crippen LogP contribution in [0.5, 0.6) is 0 Å². The molecule has 154 valence electrons. The molecular weight excluding hydrogens is 397 g/mol. The summed E-state index contributed by atoms with van der Waals surface area (Å²) in [5.74, 6) is -0.957. The summed E-state index contributed by atoms with van der Waals surface area (Å²) in [5, 5.41) is 10.9. The number of nitrogens with one attached hydrogen (secondary N) is 1. The van der Waals surface area contributed by atoms with Crippen molar-refractivity contribution in [3.05, 3.63) is 71.1 Å². The predicted molar refractivity (Wildman–Crippen MR) is 102 cm³/mol. The monoisotopic (exact) mass is 414 g/mol. The first-order valence-electron chi connectivity index (χ1n) is 9.03. The van der Waals surface area contributed by atoms with Crippen molar-refractivity contribution >= 4 is 11.6 Å². The molecule has 4 aromatic rings. The zero-order valence-electron chi connectivity index (χ0n) is 16.1. The van der Waals surface area contributed by atoms with Crippen molar-refractivity contribution < 1.29 is 18.0 Å². The molecule has 30 heavy (non-hydrogen) atoms. The molecule has 0 aliphatic carbocycles. The molecular formula is C20H17F3N6O. The lowest BCUT2D eigenvalue weighted by atomic mass is 10.1. The lowest BCUT2D eigenvalue weighted by molar-refractivity contribution is 0.0952. The first kappa shape index (κ1) is 19.6. The van der Waals surface area contributed by atoms with Crippen LogP contribution in [0.4, 0.5) is 13.2 Å². The number of amides is 1. The largest absolute Gasteiger partial charge is 0.348 e. The highest BCUT2D eigenvalue weighted by atomic mass is 19.3. The summed E-state index contributed by atoms with van der Waals surface area (Å²) in [5.41, 5.74) is 1.87. The molecule has 0 unspecified atom stereocenters. The molecule has 1 N–H and O–H groups in total. The Morgan fingerprint density at radius 2 is 1.97 bits per heavy atom. The SMILES string of the molecule is Cc1nn(C)cc1CNC(=O)c1cnn2c(C(F)F)cc(-c3ccc(F)cc3)nc12. The van der Waals surface area contributed by atoms with E-state index in [1.54, 1.807) is 17.9 Å². The molecule has 0 aliphatic rings. The molecule has 0 saturated carbocycles. The molecule has 0 saturated heterocycles. The second kappa shape index (κ2) is 7.62. The number of benzene rings is 1. The first-order chi connectivity index (χ1) is 14.3. The maximum absolute atomic E-state index is 13.6. The van der Waals surface area contributed by atoms with Gasteiger partial charge in [0.05, 0.1) is 17.6 Å². The molecule has 1 amide bonds. The van der Waals surface area contributed by atoms with Crippen LogP contribution in [-0.2, 0) is 13.6 Å². The van der Waals surface area contributed by atoms with Gasteiger partial charge in [-0.3, -0.25) is 9.48 Å². The van der Waals surface area contributed by atoms with Gasteiger partial charge in [-0.05, 0) is 37.3 Å². The molecule has 7 nitrogen and oxygen atoms in total. The zero-order valence-corrected chi connectivity index (χ0v) is 16.1. The molecule has 0 atom stereocenters. The fourth-order valence-electron chi connectivity index (χ4n) is 3.16. The van der Waals surface area contributed by atoms with E-state index >= 15 is 0 Å². The van der Waals surface area contributed by atoms with E-state index in [1.165, 1.54) is 36.5 Å². The number of hydrogen-bond donors (Lipinski definition) is 1. The second-order valence-electron chi connectivity index (χ2n) is 6.76. The molecule has 0 bridgehead atoms. The van der Waals surface area contributed by atoms with E-state index in [-0.39, 0.29) is 23.4 Å². The number of aromatic nitrogens is 5. The minimum Gasteiger partial charge on any atom is -0.348 e. The maximum atomic E-state index is 13.6. The van der Waals surface area contributed by atoms with E-state index in [1.807, 2.05) is 6.92 Å². The average molecular weight is 414 g/mol. The summed E-state index contributed by atoms with van der Waals surface area (Å²) in [6, 6.07) is 6.47. The number of aryl methyl sites for hydroxylation is 2. The van der Waals surface area contributed by atoms with Crippen LogP contribution in [-0.4, -0.2) is 30.3 Å². The van der Waals surface area contributed by atoms with Crippen molar-refractivity contribution in [3.8, 4) is 11.3 Å². The van der Waals surface area contributed by atoms with Crippen molar-refractivity contribution in [2.75, 3.05) is 0 Å². The van der Waals surface area contributed by atoms with Crippen LogP contribution in [0.1, 0.15) is 33.7 Å². The normalized spacial score (nSPS) is 11.4.